The van der Waals surface area contributed by atoms with Gasteiger partial charge >= 0.3 is 6.29 Å². The largest absolute Gasteiger partial charge is 0.586 e. The van der Waals surface area contributed by atoms with Gasteiger partial charge in [-0.3, -0.25) is 0 Å². The van der Waals surface area contributed by atoms with Crippen molar-refractivity contribution in [3.05, 3.63) is 48.5 Å². The molecule has 1 atom stereocenters. The lowest BCUT2D eigenvalue weighted by Crippen LogP contribution is -2.16. The molecule has 0 radical (unpaired) electrons. The van der Waals surface area contributed by atoms with E-state index in [1.54, 1.807) is 6.08 Å². The molecule has 0 fully saturated rings. The van der Waals surface area contributed by atoms with E-state index in [2.05, 4.69) is 22.6 Å². The molecule has 0 aromatic heterocycles. The van der Waals surface area contributed by atoms with Crippen molar-refractivity contribution < 1.29 is 18.3 Å². The minimum atomic E-state index is -3.61. The van der Waals surface area contributed by atoms with Crippen LogP contribution in [-0.4, -0.2) is 6.29 Å². The van der Waals surface area contributed by atoms with E-state index in [1.807, 2.05) is 13.8 Å². The summed E-state index contributed by atoms with van der Waals surface area (Å²) in [6, 6.07) is 0. The van der Waals surface area contributed by atoms with Crippen molar-refractivity contribution in [3.8, 4) is 0 Å². The molecule has 94 valence electrons. The molecule has 0 aromatic carbocycles. The van der Waals surface area contributed by atoms with Crippen LogP contribution >= 0.6 is 0 Å². The van der Waals surface area contributed by atoms with Crippen LogP contribution in [0.25, 0.3) is 0 Å². The molecule has 0 saturated heterocycles. The molecular weight excluding hydrogens is 226 g/mol. The lowest BCUT2D eigenvalue weighted by Gasteiger charge is -2.10. The molecule has 1 aliphatic rings. The quantitative estimate of drug-likeness (QED) is 0.674. The van der Waals surface area contributed by atoms with Crippen molar-refractivity contribution >= 4 is 0 Å². The van der Waals surface area contributed by atoms with Crippen molar-refractivity contribution in [3.63, 3.8) is 0 Å². The fourth-order valence-corrected chi connectivity index (χ4v) is 1.41. The van der Waals surface area contributed by atoms with E-state index >= 15 is 0 Å². The first-order valence-electron chi connectivity index (χ1n) is 5.40. The third kappa shape index (κ3) is 3.19. The molecule has 0 spiro atoms. The molecule has 4 heteroatoms. The molecule has 17 heavy (non-hydrogen) atoms. The molecule has 1 aliphatic heterocycles. The fourth-order valence-electron chi connectivity index (χ4n) is 1.41. The predicted octanol–water partition coefficient (Wildman–Crippen LogP) is 4.14. The highest BCUT2D eigenvalue weighted by Gasteiger charge is 2.43. The van der Waals surface area contributed by atoms with Gasteiger partial charge in [0.1, 0.15) is 0 Å². The van der Waals surface area contributed by atoms with E-state index in [4.69, 9.17) is 0 Å². The Bertz CT molecular complexity index is 381. The maximum Gasteiger partial charge on any atom is 0.586 e. The van der Waals surface area contributed by atoms with Gasteiger partial charge in [0.25, 0.3) is 0 Å². The summed E-state index contributed by atoms with van der Waals surface area (Å²) in [6.45, 7) is 11.1. The summed E-state index contributed by atoms with van der Waals surface area (Å²) >= 11 is 0. The van der Waals surface area contributed by atoms with Crippen molar-refractivity contribution in [2.45, 2.75) is 26.6 Å². The van der Waals surface area contributed by atoms with Gasteiger partial charge in [0.05, 0.1) is 0 Å². The topological polar surface area (TPSA) is 18.5 Å². The molecule has 1 unspecified atom stereocenters. The van der Waals surface area contributed by atoms with Gasteiger partial charge < -0.3 is 9.47 Å². The number of hydrogen-bond donors (Lipinski definition) is 0. The third-order valence-electron chi connectivity index (χ3n) is 2.60. The zero-order chi connectivity index (χ0) is 13.1. The van der Waals surface area contributed by atoms with Gasteiger partial charge in [0, 0.05) is 0 Å². The molecule has 0 aliphatic carbocycles. The smallest absolute Gasteiger partial charge is 0.395 e. The summed E-state index contributed by atoms with van der Waals surface area (Å²) in [6.07, 6.45) is 1.60. The summed E-state index contributed by atoms with van der Waals surface area (Å²) in [5.41, 5.74) is 0.822. The Balaban J connectivity index is 3.02. The van der Waals surface area contributed by atoms with Gasteiger partial charge in [-0.2, -0.15) is 0 Å². The van der Waals surface area contributed by atoms with Crippen LogP contribution in [0.1, 0.15) is 20.3 Å². The standard InChI is InChI=1S/C13H16F2O2/c1-5-9(4)10(6-2)8-12-11(7-3)16-13(14,15)17-12/h6-9H,2-3,5H2,1,4H3/b10-8+. The molecule has 1 heterocycles. The van der Waals surface area contributed by atoms with E-state index < -0.39 is 6.29 Å². The fraction of sp³-hybridized carbons (Fsp3) is 0.385. The van der Waals surface area contributed by atoms with Gasteiger partial charge in [-0.05, 0) is 30.1 Å². The average Bonchev–Trinajstić information content (AvgIpc) is 2.59. The molecule has 0 saturated carbocycles. The Morgan fingerprint density at radius 3 is 2.41 bits per heavy atom. The first kappa shape index (κ1) is 13.5. The van der Waals surface area contributed by atoms with E-state index in [-0.39, 0.29) is 17.4 Å². The Kier molecular flexibility index (Phi) is 4.10. The lowest BCUT2D eigenvalue weighted by atomic mass is 9.98. The second-order valence-corrected chi connectivity index (χ2v) is 3.76. The van der Waals surface area contributed by atoms with E-state index in [9.17, 15) is 8.78 Å². The van der Waals surface area contributed by atoms with Gasteiger partial charge in [-0.25, -0.2) is 0 Å². The number of hydrogen-bond acceptors (Lipinski definition) is 2. The van der Waals surface area contributed by atoms with Gasteiger partial charge in [-0.1, -0.05) is 33.1 Å². The van der Waals surface area contributed by atoms with Crippen LogP contribution in [-0.2, 0) is 9.47 Å². The highest BCUT2D eigenvalue weighted by atomic mass is 19.3. The van der Waals surface area contributed by atoms with Gasteiger partial charge in [0.2, 0.25) is 0 Å². The minimum absolute atomic E-state index is 0.0137. The highest BCUT2D eigenvalue weighted by Crippen LogP contribution is 2.35. The molecule has 0 amide bonds. The van der Waals surface area contributed by atoms with Crippen LogP contribution in [0.5, 0.6) is 0 Å². The van der Waals surface area contributed by atoms with Crippen LogP contribution in [0.2, 0.25) is 0 Å². The summed E-state index contributed by atoms with van der Waals surface area (Å²) in [5, 5.41) is 0. The molecule has 0 N–H and O–H groups in total. The van der Waals surface area contributed by atoms with Crippen LogP contribution in [0.3, 0.4) is 0 Å². The molecular formula is C13H16F2O2. The molecule has 2 nitrogen and oxygen atoms in total. The van der Waals surface area contributed by atoms with Crippen LogP contribution < -0.4 is 0 Å². The number of ether oxygens (including phenoxy) is 2. The third-order valence-corrected chi connectivity index (χ3v) is 2.60. The highest BCUT2D eigenvalue weighted by molar-refractivity contribution is 5.33. The van der Waals surface area contributed by atoms with E-state index in [0.29, 0.717) is 0 Å². The summed E-state index contributed by atoms with van der Waals surface area (Å²) in [7, 11) is 0. The summed E-state index contributed by atoms with van der Waals surface area (Å²) < 4.78 is 34.5. The first-order valence-corrected chi connectivity index (χ1v) is 5.40. The lowest BCUT2D eigenvalue weighted by molar-refractivity contribution is -0.335. The van der Waals surface area contributed by atoms with E-state index in [1.165, 1.54) is 12.2 Å². The second kappa shape index (κ2) is 5.17. The van der Waals surface area contributed by atoms with Crippen molar-refractivity contribution in [1.82, 2.24) is 0 Å². The second-order valence-electron chi connectivity index (χ2n) is 3.76. The van der Waals surface area contributed by atoms with Crippen LogP contribution in [0.4, 0.5) is 8.78 Å². The molecule has 0 aromatic rings. The zero-order valence-electron chi connectivity index (χ0n) is 10.0. The average molecular weight is 242 g/mol. The monoisotopic (exact) mass is 242 g/mol. The Hall–Kier alpha value is -1.58. The zero-order valence-corrected chi connectivity index (χ0v) is 10.0. The van der Waals surface area contributed by atoms with Gasteiger partial charge in [0.15, 0.2) is 11.5 Å². The predicted molar refractivity (Wildman–Crippen MR) is 62.1 cm³/mol. The number of halogens is 2. The van der Waals surface area contributed by atoms with Crippen molar-refractivity contribution in [2.24, 2.45) is 5.92 Å². The molecule has 1 rings (SSSR count). The van der Waals surface area contributed by atoms with Crippen molar-refractivity contribution in [2.75, 3.05) is 0 Å². The SMILES string of the molecule is C=CC1=C(/C=C(\C=C)C(C)CC)OC(F)(F)O1. The number of rotatable bonds is 5. The van der Waals surface area contributed by atoms with Crippen LogP contribution in [0, 0.1) is 5.92 Å². The Labute approximate surface area is 99.9 Å². The van der Waals surface area contributed by atoms with E-state index in [0.717, 1.165) is 12.0 Å². The Morgan fingerprint density at radius 2 is 1.94 bits per heavy atom. The normalized spacial score (nSPS) is 20.6. The Morgan fingerprint density at radius 1 is 1.35 bits per heavy atom. The minimum Gasteiger partial charge on any atom is -0.395 e. The number of alkyl halides is 2. The maximum atomic E-state index is 12.9. The summed E-state index contributed by atoms with van der Waals surface area (Å²) in [5.74, 6) is 0.141. The van der Waals surface area contributed by atoms with Crippen LogP contribution in [0.15, 0.2) is 48.5 Å². The molecule has 0 bridgehead atoms. The number of allylic oxidation sites excluding steroid dienone is 4. The first-order chi connectivity index (χ1) is 7.93. The van der Waals surface area contributed by atoms with Gasteiger partial charge in [-0.15, -0.1) is 8.78 Å². The maximum absolute atomic E-state index is 12.9. The summed E-state index contributed by atoms with van der Waals surface area (Å²) in [4.78, 5) is 0. The van der Waals surface area contributed by atoms with Crippen molar-refractivity contribution in [1.29, 1.82) is 0 Å².